The summed E-state index contributed by atoms with van der Waals surface area (Å²) in [7, 11) is -3.45. The number of benzene rings is 2. The maximum Gasteiger partial charge on any atom is 0.244 e. The van der Waals surface area contributed by atoms with Gasteiger partial charge < -0.3 is 0 Å². The second-order valence-electron chi connectivity index (χ2n) is 8.06. The monoisotopic (exact) mass is 450 g/mol. The summed E-state index contributed by atoms with van der Waals surface area (Å²) in [5.74, 6) is 0. The summed E-state index contributed by atoms with van der Waals surface area (Å²) in [6.07, 6.45) is 0. The number of sulfonamides is 1. The van der Waals surface area contributed by atoms with Gasteiger partial charge in [-0.1, -0.05) is 57.2 Å². The fraction of sp³-hybridized carbons (Fsp3) is 0.429. The molecule has 0 saturated carbocycles. The van der Waals surface area contributed by atoms with E-state index in [1.807, 2.05) is 6.07 Å². The molecule has 0 N–H and O–H groups in total. The Morgan fingerprint density at radius 3 is 2.07 bits per heavy atom. The van der Waals surface area contributed by atoms with Crippen LogP contribution in [0, 0.1) is 0 Å². The van der Waals surface area contributed by atoms with Crippen LogP contribution in [0.3, 0.4) is 0 Å². The first-order valence-corrected chi connectivity index (χ1v) is 11.5. The van der Waals surface area contributed by atoms with Crippen LogP contribution in [-0.2, 0) is 22.0 Å². The average Bonchev–Trinajstić information content (AvgIpc) is 2.62. The van der Waals surface area contributed by atoms with Crippen LogP contribution in [-0.4, -0.2) is 43.8 Å². The molecule has 0 aliphatic carbocycles. The summed E-state index contributed by atoms with van der Waals surface area (Å²) >= 11 is 3.36. The fourth-order valence-electron chi connectivity index (χ4n) is 3.29. The minimum absolute atomic E-state index is 0.157. The molecule has 146 valence electrons. The average molecular weight is 451 g/mol. The molecule has 2 aromatic rings. The van der Waals surface area contributed by atoms with Crippen LogP contribution in [0.5, 0.6) is 0 Å². The maximum atomic E-state index is 12.9. The number of halogens is 1. The Morgan fingerprint density at radius 1 is 0.926 bits per heavy atom. The highest BCUT2D eigenvalue weighted by atomic mass is 79.9. The molecule has 1 heterocycles. The Bertz CT molecular complexity index is 881. The molecule has 6 heteroatoms. The molecule has 0 atom stereocenters. The lowest BCUT2D eigenvalue weighted by atomic mass is 9.87. The molecule has 1 fully saturated rings. The number of nitrogens with zero attached hydrogens (tertiary/aromatic N) is 2. The molecule has 2 aromatic carbocycles. The van der Waals surface area contributed by atoms with E-state index < -0.39 is 10.0 Å². The Morgan fingerprint density at radius 2 is 1.52 bits per heavy atom. The third kappa shape index (κ3) is 4.80. The number of hydrogen-bond donors (Lipinski definition) is 0. The summed E-state index contributed by atoms with van der Waals surface area (Å²) in [6.45, 7) is 10.0. The van der Waals surface area contributed by atoms with E-state index in [2.05, 4.69) is 65.9 Å². The molecule has 0 aromatic heterocycles. The van der Waals surface area contributed by atoms with Crippen LogP contribution >= 0.6 is 15.9 Å². The predicted molar refractivity (Wildman–Crippen MR) is 113 cm³/mol. The fourth-order valence-corrected chi connectivity index (χ4v) is 5.68. The van der Waals surface area contributed by atoms with Crippen molar-refractivity contribution in [3.05, 3.63) is 64.1 Å². The van der Waals surface area contributed by atoms with Crippen LogP contribution in [0.2, 0.25) is 0 Å². The van der Waals surface area contributed by atoms with Crippen molar-refractivity contribution in [2.75, 3.05) is 26.2 Å². The predicted octanol–water partition coefficient (Wildman–Crippen LogP) is 4.25. The van der Waals surface area contributed by atoms with Crippen molar-refractivity contribution >= 4 is 26.0 Å². The summed E-state index contributed by atoms with van der Waals surface area (Å²) < 4.78 is 28.0. The molecule has 0 bridgehead atoms. The second kappa shape index (κ2) is 8.03. The topological polar surface area (TPSA) is 40.6 Å². The van der Waals surface area contributed by atoms with Crippen LogP contribution in [0.4, 0.5) is 0 Å². The van der Waals surface area contributed by atoms with Gasteiger partial charge in [-0.15, -0.1) is 0 Å². The van der Waals surface area contributed by atoms with Gasteiger partial charge in [0, 0.05) is 37.2 Å². The Kier molecular flexibility index (Phi) is 6.11. The van der Waals surface area contributed by atoms with Gasteiger partial charge >= 0.3 is 0 Å². The highest BCUT2D eigenvalue weighted by Crippen LogP contribution is 2.26. The molecule has 3 rings (SSSR count). The van der Waals surface area contributed by atoms with E-state index in [1.54, 1.807) is 22.5 Å². The Hall–Kier alpha value is -1.21. The number of hydrogen-bond acceptors (Lipinski definition) is 3. The molecular formula is C21H27BrN2O2S. The van der Waals surface area contributed by atoms with E-state index in [9.17, 15) is 8.42 Å². The lowest BCUT2D eigenvalue weighted by Gasteiger charge is -2.34. The second-order valence-corrected chi connectivity index (χ2v) is 10.8. The first kappa shape index (κ1) is 20.5. The van der Waals surface area contributed by atoms with Crippen LogP contribution in [0.1, 0.15) is 31.9 Å². The Balaban J connectivity index is 1.61. The van der Waals surface area contributed by atoms with E-state index >= 15 is 0 Å². The first-order valence-electron chi connectivity index (χ1n) is 9.24. The van der Waals surface area contributed by atoms with Crippen molar-refractivity contribution in [1.82, 2.24) is 9.21 Å². The minimum Gasteiger partial charge on any atom is -0.296 e. The summed E-state index contributed by atoms with van der Waals surface area (Å²) in [4.78, 5) is 2.66. The van der Waals surface area contributed by atoms with E-state index in [0.717, 1.165) is 19.6 Å². The quantitative estimate of drug-likeness (QED) is 0.698. The van der Waals surface area contributed by atoms with E-state index in [-0.39, 0.29) is 5.41 Å². The summed E-state index contributed by atoms with van der Waals surface area (Å²) in [5.41, 5.74) is 2.75. The Labute approximate surface area is 171 Å². The van der Waals surface area contributed by atoms with E-state index in [0.29, 0.717) is 22.5 Å². The van der Waals surface area contributed by atoms with Gasteiger partial charge in [0.2, 0.25) is 10.0 Å². The molecule has 4 nitrogen and oxygen atoms in total. The zero-order chi connectivity index (χ0) is 19.7. The third-order valence-electron chi connectivity index (χ3n) is 5.01. The van der Waals surface area contributed by atoms with E-state index in [4.69, 9.17) is 0 Å². The molecule has 27 heavy (non-hydrogen) atoms. The standard InChI is InChI=1S/C21H27BrN2O2S/c1-21(2,3)18-10-8-17(9-11-18)16-23-12-14-24(15-13-23)27(25,26)20-7-5-4-6-19(20)22/h4-11H,12-16H2,1-3H3. The van der Waals surface area contributed by atoms with Crippen molar-refractivity contribution < 1.29 is 8.42 Å². The number of rotatable bonds is 4. The normalized spacial score (nSPS) is 17.2. The van der Waals surface area contributed by atoms with Gasteiger partial charge in [-0.2, -0.15) is 4.31 Å². The molecule has 0 radical (unpaired) electrons. The van der Waals surface area contributed by atoms with Crippen molar-refractivity contribution in [2.45, 2.75) is 37.6 Å². The van der Waals surface area contributed by atoms with Crippen molar-refractivity contribution in [2.24, 2.45) is 0 Å². The lowest BCUT2D eigenvalue weighted by molar-refractivity contribution is 0.181. The van der Waals surface area contributed by atoms with Gasteiger partial charge in [0.25, 0.3) is 0 Å². The molecule has 1 aliphatic heterocycles. The minimum atomic E-state index is -3.45. The number of piperazine rings is 1. The molecule has 1 saturated heterocycles. The highest BCUT2D eigenvalue weighted by molar-refractivity contribution is 9.10. The van der Waals surface area contributed by atoms with Gasteiger partial charge in [0.05, 0.1) is 4.90 Å². The van der Waals surface area contributed by atoms with Crippen LogP contribution < -0.4 is 0 Å². The van der Waals surface area contributed by atoms with E-state index in [1.165, 1.54) is 11.1 Å². The van der Waals surface area contributed by atoms with Gasteiger partial charge in [0.15, 0.2) is 0 Å². The zero-order valence-corrected chi connectivity index (χ0v) is 18.6. The molecule has 0 amide bonds. The largest absolute Gasteiger partial charge is 0.296 e. The highest BCUT2D eigenvalue weighted by Gasteiger charge is 2.29. The summed E-state index contributed by atoms with van der Waals surface area (Å²) in [5, 5.41) is 0. The smallest absolute Gasteiger partial charge is 0.244 e. The molecular weight excluding hydrogens is 424 g/mol. The van der Waals surface area contributed by atoms with Crippen molar-refractivity contribution in [1.29, 1.82) is 0 Å². The third-order valence-corrected chi connectivity index (χ3v) is 7.92. The van der Waals surface area contributed by atoms with Gasteiger partial charge in [-0.3, -0.25) is 4.90 Å². The van der Waals surface area contributed by atoms with Crippen molar-refractivity contribution in [3.63, 3.8) is 0 Å². The van der Waals surface area contributed by atoms with Crippen LogP contribution in [0.15, 0.2) is 57.9 Å². The SMILES string of the molecule is CC(C)(C)c1ccc(CN2CCN(S(=O)(=O)c3ccccc3Br)CC2)cc1. The molecule has 1 aliphatic rings. The van der Waals surface area contributed by atoms with Gasteiger partial charge in [-0.05, 0) is 44.6 Å². The zero-order valence-electron chi connectivity index (χ0n) is 16.2. The maximum absolute atomic E-state index is 12.9. The summed E-state index contributed by atoms with van der Waals surface area (Å²) in [6, 6.07) is 15.8. The van der Waals surface area contributed by atoms with Crippen molar-refractivity contribution in [3.8, 4) is 0 Å². The van der Waals surface area contributed by atoms with Gasteiger partial charge in [-0.25, -0.2) is 8.42 Å². The molecule has 0 unspecified atom stereocenters. The molecule has 0 spiro atoms. The lowest BCUT2D eigenvalue weighted by Crippen LogP contribution is -2.48. The first-order chi connectivity index (χ1) is 12.7. The van der Waals surface area contributed by atoms with Crippen LogP contribution in [0.25, 0.3) is 0 Å². The van der Waals surface area contributed by atoms with Gasteiger partial charge in [0.1, 0.15) is 0 Å².